The van der Waals surface area contributed by atoms with E-state index in [0.717, 1.165) is 37.6 Å². The van der Waals surface area contributed by atoms with Crippen LogP contribution in [0.1, 0.15) is 24.5 Å². The van der Waals surface area contributed by atoms with Gasteiger partial charge in [0.25, 0.3) is 0 Å². The molecule has 0 spiro atoms. The van der Waals surface area contributed by atoms with Gasteiger partial charge in [0.05, 0.1) is 13.1 Å². The molecule has 0 aromatic carbocycles. The third-order valence-corrected chi connectivity index (χ3v) is 3.71. The Bertz CT molecular complexity index is 437. The van der Waals surface area contributed by atoms with Gasteiger partial charge in [0, 0.05) is 13.1 Å². The second-order valence-electron chi connectivity index (χ2n) is 5.07. The molecule has 2 heterocycles. The van der Waals surface area contributed by atoms with Gasteiger partial charge in [-0.2, -0.15) is 0 Å². The summed E-state index contributed by atoms with van der Waals surface area (Å²) < 4.78 is 1.95. The van der Waals surface area contributed by atoms with Crippen molar-refractivity contribution in [1.29, 1.82) is 0 Å². The summed E-state index contributed by atoms with van der Waals surface area (Å²) in [6.07, 6.45) is 2.06. The van der Waals surface area contributed by atoms with Crippen LogP contribution in [0.25, 0.3) is 0 Å². The van der Waals surface area contributed by atoms with Crippen molar-refractivity contribution >= 4 is 5.91 Å². The predicted molar refractivity (Wildman–Crippen MR) is 71.2 cm³/mol. The maximum atomic E-state index is 11.3. The van der Waals surface area contributed by atoms with Crippen LogP contribution in [-0.2, 0) is 18.4 Å². The molecule has 0 atom stereocenters. The summed E-state index contributed by atoms with van der Waals surface area (Å²) >= 11 is 0. The van der Waals surface area contributed by atoms with Crippen LogP contribution < -0.4 is 11.1 Å². The van der Waals surface area contributed by atoms with Gasteiger partial charge in [0.1, 0.15) is 11.6 Å². The standard InChI is InChI=1S/C12H22N6O/c1-9-15-16-12(17(9)2)8-18(7-11(13)19)10-3-5-14-6-4-10/h10,14H,3-8H2,1-2H3,(H2,13,19). The normalized spacial score (nSPS) is 17.0. The fourth-order valence-corrected chi connectivity index (χ4v) is 2.46. The lowest BCUT2D eigenvalue weighted by Gasteiger charge is -2.33. The molecule has 0 unspecified atom stereocenters. The number of carbonyl (C=O) groups is 1. The minimum atomic E-state index is -0.294. The average molecular weight is 266 g/mol. The SMILES string of the molecule is Cc1nnc(CN(CC(N)=O)C2CCNCC2)n1C. The van der Waals surface area contributed by atoms with E-state index in [1.54, 1.807) is 0 Å². The number of nitrogens with two attached hydrogens (primary N) is 1. The Morgan fingerprint density at radius 3 is 2.68 bits per heavy atom. The summed E-state index contributed by atoms with van der Waals surface area (Å²) in [5.41, 5.74) is 5.36. The Morgan fingerprint density at radius 1 is 1.47 bits per heavy atom. The molecule has 1 saturated heterocycles. The van der Waals surface area contributed by atoms with E-state index in [0.29, 0.717) is 12.6 Å². The van der Waals surface area contributed by atoms with Crippen LogP contribution in [-0.4, -0.2) is 51.2 Å². The first-order chi connectivity index (χ1) is 9.08. The van der Waals surface area contributed by atoms with Crippen LogP contribution in [0.3, 0.4) is 0 Å². The van der Waals surface area contributed by atoms with Gasteiger partial charge in [-0.15, -0.1) is 10.2 Å². The predicted octanol–water partition coefficient (Wildman–Crippen LogP) is -0.837. The number of rotatable bonds is 5. The number of piperidine rings is 1. The number of nitrogens with zero attached hydrogens (tertiary/aromatic N) is 4. The van der Waals surface area contributed by atoms with Crippen LogP contribution in [0.2, 0.25) is 0 Å². The van der Waals surface area contributed by atoms with Gasteiger partial charge in [-0.3, -0.25) is 9.69 Å². The van der Waals surface area contributed by atoms with Crippen LogP contribution in [0, 0.1) is 6.92 Å². The Morgan fingerprint density at radius 2 is 2.16 bits per heavy atom. The van der Waals surface area contributed by atoms with Crippen molar-refractivity contribution < 1.29 is 4.79 Å². The lowest BCUT2D eigenvalue weighted by atomic mass is 10.0. The number of aromatic nitrogens is 3. The first kappa shape index (κ1) is 14.0. The summed E-state index contributed by atoms with van der Waals surface area (Å²) in [7, 11) is 1.94. The first-order valence-electron chi connectivity index (χ1n) is 6.66. The van der Waals surface area contributed by atoms with Gasteiger partial charge in [-0.25, -0.2) is 0 Å². The molecule has 0 saturated carbocycles. The highest BCUT2D eigenvalue weighted by Crippen LogP contribution is 2.14. The number of nitrogens with one attached hydrogen (secondary N) is 1. The van der Waals surface area contributed by atoms with Crippen LogP contribution >= 0.6 is 0 Å². The Kier molecular flexibility index (Phi) is 4.49. The molecule has 3 N–H and O–H groups in total. The molecule has 1 aromatic rings. The highest BCUT2D eigenvalue weighted by Gasteiger charge is 2.24. The van der Waals surface area contributed by atoms with Gasteiger partial charge in [0.15, 0.2) is 0 Å². The highest BCUT2D eigenvalue weighted by atomic mass is 16.1. The number of aryl methyl sites for hydroxylation is 1. The van der Waals surface area contributed by atoms with Crippen molar-refractivity contribution in [3.63, 3.8) is 0 Å². The zero-order chi connectivity index (χ0) is 13.8. The van der Waals surface area contributed by atoms with Gasteiger partial charge in [-0.05, 0) is 32.9 Å². The number of carbonyl (C=O) groups excluding carboxylic acids is 1. The number of hydrogen-bond donors (Lipinski definition) is 2. The fraction of sp³-hybridized carbons (Fsp3) is 0.750. The Balaban J connectivity index is 2.08. The van der Waals surface area contributed by atoms with E-state index in [4.69, 9.17) is 5.73 Å². The minimum absolute atomic E-state index is 0.274. The van der Waals surface area contributed by atoms with Gasteiger partial charge >= 0.3 is 0 Å². The van der Waals surface area contributed by atoms with E-state index in [2.05, 4.69) is 20.4 Å². The van der Waals surface area contributed by atoms with Crippen LogP contribution in [0.5, 0.6) is 0 Å². The highest BCUT2D eigenvalue weighted by molar-refractivity contribution is 5.75. The Hall–Kier alpha value is -1.47. The minimum Gasteiger partial charge on any atom is -0.369 e. The second kappa shape index (κ2) is 6.12. The third-order valence-electron chi connectivity index (χ3n) is 3.71. The smallest absolute Gasteiger partial charge is 0.231 e. The van der Waals surface area contributed by atoms with Crippen LogP contribution in [0.4, 0.5) is 0 Å². The summed E-state index contributed by atoms with van der Waals surface area (Å²) in [6, 6.07) is 0.380. The molecule has 7 nitrogen and oxygen atoms in total. The molecule has 2 rings (SSSR count). The summed E-state index contributed by atoms with van der Waals surface area (Å²) in [5.74, 6) is 1.45. The maximum Gasteiger partial charge on any atom is 0.231 e. The van der Waals surface area contributed by atoms with E-state index in [1.807, 2.05) is 18.5 Å². The molecule has 0 radical (unpaired) electrons. The van der Waals surface area contributed by atoms with E-state index in [-0.39, 0.29) is 12.5 Å². The number of primary amides is 1. The average Bonchev–Trinajstić information content (AvgIpc) is 2.70. The van der Waals surface area contributed by atoms with E-state index < -0.39 is 0 Å². The van der Waals surface area contributed by atoms with Crippen molar-refractivity contribution in [3.05, 3.63) is 11.6 Å². The van der Waals surface area contributed by atoms with Crippen molar-refractivity contribution in [3.8, 4) is 0 Å². The maximum absolute atomic E-state index is 11.3. The number of hydrogen-bond acceptors (Lipinski definition) is 5. The molecular weight excluding hydrogens is 244 g/mol. The van der Waals surface area contributed by atoms with E-state index in [1.165, 1.54) is 0 Å². The van der Waals surface area contributed by atoms with Gasteiger partial charge < -0.3 is 15.6 Å². The lowest BCUT2D eigenvalue weighted by molar-refractivity contribution is -0.120. The lowest BCUT2D eigenvalue weighted by Crippen LogP contribution is -2.46. The Labute approximate surface area is 113 Å². The quantitative estimate of drug-likeness (QED) is 0.725. The zero-order valence-corrected chi connectivity index (χ0v) is 11.6. The first-order valence-corrected chi connectivity index (χ1v) is 6.66. The van der Waals surface area contributed by atoms with Gasteiger partial charge in [0.2, 0.25) is 5.91 Å². The molecule has 7 heteroatoms. The number of amides is 1. The topological polar surface area (TPSA) is 89.1 Å². The molecule has 1 fully saturated rings. The second-order valence-corrected chi connectivity index (χ2v) is 5.07. The third kappa shape index (κ3) is 3.51. The summed E-state index contributed by atoms with van der Waals surface area (Å²) in [6.45, 7) is 4.77. The molecule has 0 bridgehead atoms. The molecule has 0 aliphatic carbocycles. The zero-order valence-electron chi connectivity index (χ0n) is 11.6. The van der Waals surface area contributed by atoms with Gasteiger partial charge in [-0.1, -0.05) is 0 Å². The molecule has 19 heavy (non-hydrogen) atoms. The van der Waals surface area contributed by atoms with Crippen molar-refractivity contribution in [2.24, 2.45) is 12.8 Å². The summed E-state index contributed by atoms with van der Waals surface area (Å²) in [4.78, 5) is 13.4. The monoisotopic (exact) mass is 266 g/mol. The largest absolute Gasteiger partial charge is 0.369 e. The van der Waals surface area contributed by atoms with Crippen LogP contribution in [0.15, 0.2) is 0 Å². The molecular formula is C12H22N6O. The fourth-order valence-electron chi connectivity index (χ4n) is 2.46. The molecule has 1 aliphatic rings. The van der Waals surface area contributed by atoms with E-state index in [9.17, 15) is 4.79 Å². The molecule has 1 aromatic heterocycles. The molecule has 1 amide bonds. The summed E-state index contributed by atoms with van der Waals surface area (Å²) in [5, 5.41) is 11.5. The van der Waals surface area contributed by atoms with Crippen molar-refractivity contribution in [1.82, 2.24) is 25.0 Å². The van der Waals surface area contributed by atoms with Crippen molar-refractivity contribution in [2.45, 2.75) is 32.4 Å². The van der Waals surface area contributed by atoms with Crippen molar-refractivity contribution in [2.75, 3.05) is 19.6 Å². The van der Waals surface area contributed by atoms with E-state index >= 15 is 0 Å². The molecule has 1 aliphatic heterocycles. The molecule has 106 valence electrons.